The summed E-state index contributed by atoms with van der Waals surface area (Å²) < 4.78 is 1.81. The average molecular weight is 458 g/mol. The minimum Gasteiger partial charge on any atom is -0.374 e. The first-order valence-corrected chi connectivity index (χ1v) is 11.2. The zero-order valence-corrected chi connectivity index (χ0v) is 19.2. The SMILES string of the molecule is Cc1ccccc1C1CC(=O)Nc2ccc(C(O)(c3cccc(Cl)c3)c3cncn3C)cc21. The van der Waals surface area contributed by atoms with Crippen LogP contribution in [-0.4, -0.2) is 20.6 Å². The molecule has 6 heteroatoms. The van der Waals surface area contributed by atoms with Crippen molar-refractivity contribution < 1.29 is 9.90 Å². The topological polar surface area (TPSA) is 67.2 Å². The zero-order chi connectivity index (χ0) is 23.2. The Morgan fingerprint density at radius 3 is 2.58 bits per heavy atom. The summed E-state index contributed by atoms with van der Waals surface area (Å²) in [5, 5.41) is 15.8. The van der Waals surface area contributed by atoms with Crippen LogP contribution in [0.1, 0.15) is 45.8 Å². The lowest BCUT2D eigenvalue weighted by molar-refractivity contribution is -0.116. The van der Waals surface area contributed by atoms with Gasteiger partial charge in [0.05, 0.1) is 18.2 Å². The Morgan fingerprint density at radius 1 is 1.06 bits per heavy atom. The molecule has 1 aliphatic heterocycles. The van der Waals surface area contributed by atoms with Crippen LogP contribution in [0.2, 0.25) is 5.02 Å². The highest BCUT2D eigenvalue weighted by atomic mass is 35.5. The average Bonchev–Trinajstić information content (AvgIpc) is 3.24. The first-order chi connectivity index (χ1) is 15.9. The minimum atomic E-state index is -1.48. The van der Waals surface area contributed by atoms with Crippen LogP contribution in [0.4, 0.5) is 5.69 Å². The van der Waals surface area contributed by atoms with E-state index in [-0.39, 0.29) is 11.8 Å². The van der Waals surface area contributed by atoms with Crippen LogP contribution in [-0.2, 0) is 17.4 Å². The standard InChI is InChI=1S/C27H24ClN3O2/c1-17-6-3-4-9-21(17)22-14-26(32)30-24-11-10-19(13-23(22)24)27(33,25-15-29-16-31(25)2)18-7-5-8-20(28)12-18/h3-13,15-16,22,33H,14H2,1-2H3,(H,30,32). The summed E-state index contributed by atoms with van der Waals surface area (Å²) >= 11 is 6.31. The molecule has 2 heterocycles. The van der Waals surface area contributed by atoms with E-state index < -0.39 is 5.60 Å². The monoisotopic (exact) mass is 457 g/mol. The van der Waals surface area contributed by atoms with Gasteiger partial charge in [-0.1, -0.05) is 54.1 Å². The molecule has 5 nitrogen and oxygen atoms in total. The first kappa shape index (κ1) is 21.4. The van der Waals surface area contributed by atoms with Crippen molar-refractivity contribution in [1.29, 1.82) is 0 Å². The molecule has 5 rings (SSSR count). The molecule has 33 heavy (non-hydrogen) atoms. The van der Waals surface area contributed by atoms with Crippen molar-refractivity contribution in [2.45, 2.75) is 24.9 Å². The number of aromatic nitrogens is 2. The molecule has 166 valence electrons. The number of fused-ring (bicyclic) bond motifs is 1. The van der Waals surface area contributed by atoms with Crippen molar-refractivity contribution in [2.75, 3.05) is 5.32 Å². The molecule has 0 radical (unpaired) electrons. The van der Waals surface area contributed by atoms with E-state index in [9.17, 15) is 9.90 Å². The number of anilines is 1. The van der Waals surface area contributed by atoms with Gasteiger partial charge in [-0.05, 0) is 59.0 Å². The fourth-order valence-corrected chi connectivity index (χ4v) is 5.01. The van der Waals surface area contributed by atoms with Crippen molar-refractivity contribution in [3.8, 4) is 0 Å². The van der Waals surface area contributed by atoms with Gasteiger partial charge in [-0.25, -0.2) is 4.98 Å². The number of amides is 1. The largest absolute Gasteiger partial charge is 0.374 e. The summed E-state index contributed by atoms with van der Waals surface area (Å²) in [5.41, 5.74) is 4.45. The lowest BCUT2D eigenvalue weighted by Crippen LogP contribution is -2.32. The van der Waals surface area contributed by atoms with E-state index in [1.807, 2.05) is 49.5 Å². The maximum Gasteiger partial charge on any atom is 0.225 e. The molecule has 2 atom stereocenters. The third-order valence-electron chi connectivity index (χ3n) is 6.50. The molecule has 2 unspecified atom stereocenters. The number of aryl methyl sites for hydroxylation is 2. The number of rotatable bonds is 4. The van der Waals surface area contributed by atoms with E-state index in [1.165, 1.54) is 0 Å². The molecular formula is C27H24ClN3O2. The predicted octanol–water partition coefficient (Wildman–Crippen LogP) is 5.14. The Kier molecular flexibility index (Phi) is 5.31. The molecule has 0 spiro atoms. The number of nitrogens with zero attached hydrogens (tertiary/aromatic N) is 2. The molecule has 1 aliphatic rings. The second-order valence-corrected chi connectivity index (χ2v) is 9.01. The molecule has 0 fully saturated rings. The molecule has 2 N–H and O–H groups in total. The highest BCUT2D eigenvalue weighted by Gasteiger charge is 2.38. The number of carbonyl (C=O) groups excluding carboxylic acids is 1. The molecular weight excluding hydrogens is 434 g/mol. The van der Waals surface area contributed by atoms with E-state index >= 15 is 0 Å². The summed E-state index contributed by atoms with van der Waals surface area (Å²) in [5.74, 6) is -0.120. The van der Waals surface area contributed by atoms with Gasteiger partial charge < -0.3 is 15.0 Å². The highest BCUT2D eigenvalue weighted by molar-refractivity contribution is 6.30. The van der Waals surface area contributed by atoms with E-state index in [0.717, 1.165) is 22.4 Å². The van der Waals surface area contributed by atoms with E-state index in [0.29, 0.717) is 28.3 Å². The molecule has 0 saturated heterocycles. The lowest BCUT2D eigenvalue weighted by atomic mass is 9.78. The van der Waals surface area contributed by atoms with Crippen LogP contribution in [0.25, 0.3) is 0 Å². The minimum absolute atomic E-state index is 0.0137. The van der Waals surface area contributed by atoms with E-state index in [1.54, 1.807) is 29.2 Å². The van der Waals surface area contributed by atoms with Gasteiger partial charge in [-0.15, -0.1) is 0 Å². The molecule has 1 amide bonds. The Labute approximate surface area is 197 Å². The molecule has 4 aromatic rings. The normalized spacial score (nSPS) is 17.2. The number of hydrogen-bond donors (Lipinski definition) is 2. The van der Waals surface area contributed by atoms with Gasteiger partial charge in [0.2, 0.25) is 5.91 Å². The van der Waals surface area contributed by atoms with Gasteiger partial charge in [0.15, 0.2) is 5.60 Å². The van der Waals surface area contributed by atoms with Gasteiger partial charge >= 0.3 is 0 Å². The molecule has 0 saturated carbocycles. The van der Waals surface area contributed by atoms with Crippen molar-refractivity contribution in [2.24, 2.45) is 7.05 Å². The van der Waals surface area contributed by atoms with Crippen molar-refractivity contribution in [1.82, 2.24) is 9.55 Å². The molecule has 1 aromatic heterocycles. The van der Waals surface area contributed by atoms with Crippen LogP contribution >= 0.6 is 11.6 Å². The van der Waals surface area contributed by atoms with Crippen LogP contribution in [0.5, 0.6) is 0 Å². The smallest absolute Gasteiger partial charge is 0.225 e. The number of benzene rings is 3. The lowest BCUT2D eigenvalue weighted by Gasteiger charge is -2.33. The van der Waals surface area contributed by atoms with Crippen LogP contribution in [0, 0.1) is 6.92 Å². The Bertz CT molecular complexity index is 1360. The van der Waals surface area contributed by atoms with Gasteiger partial charge in [-0.3, -0.25) is 4.79 Å². The first-order valence-electron chi connectivity index (χ1n) is 10.8. The predicted molar refractivity (Wildman–Crippen MR) is 129 cm³/mol. The summed E-state index contributed by atoms with van der Waals surface area (Å²) in [7, 11) is 1.85. The number of nitrogens with one attached hydrogen (secondary N) is 1. The van der Waals surface area contributed by atoms with E-state index in [2.05, 4.69) is 29.4 Å². The van der Waals surface area contributed by atoms with Crippen LogP contribution in [0.3, 0.4) is 0 Å². The number of imidazole rings is 1. The second kappa shape index (κ2) is 8.18. The third kappa shape index (κ3) is 3.63. The third-order valence-corrected chi connectivity index (χ3v) is 6.74. The van der Waals surface area contributed by atoms with Crippen molar-refractivity contribution >= 4 is 23.2 Å². The van der Waals surface area contributed by atoms with Crippen LogP contribution < -0.4 is 5.32 Å². The Balaban J connectivity index is 1.73. The number of carbonyl (C=O) groups is 1. The molecule has 3 aromatic carbocycles. The summed E-state index contributed by atoms with van der Waals surface area (Å²) in [6.45, 7) is 2.06. The Morgan fingerprint density at radius 2 is 1.85 bits per heavy atom. The van der Waals surface area contributed by atoms with E-state index in [4.69, 9.17) is 11.6 Å². The second-order valence-electron chi connectivity index (χ2n) is 8.57. The van der Waals surface area contributed by atoms with Crippen LogP contribution in [0.15, 0.2) is 79.3 Å². The van der Waals surface area contributed by atoms with Gasteiger partial charge in [0, 0.05) is 30.1 Å². The van der Waals surface area contributed by atoms with Gasteiger partial charge in [0.1, 0.15) is 0 Å². The van der Waals surface area contributed by atoms with Gasteiger partial charge in [0.25, 0.3) is 0 Å². The number of hydrogen-bond acceptors (Lipinski definition) is 3. The fraction of sp³-hybridized carbons (Fsp3) is 0.185. The number of halogens is 1. The molecule has 0 bridgehead atoms. The summed E-state index contributed by atoms with van der Waals surface area (Å²) in [4.78, 5) is 16.8. The maximum absolute atomic E-state index is 12.5. The fourth-order valence-electron chi connectivity index (χ4n) is 4.82. The highest BCUT2D eigenvalue weighted by Crippen LogP contribution is 2.43. The molecule has 0 aliphatic carbocycles. The maximum atomic E-state index is 12.5. The Hall–Kier alpha value is -3.41. The summed E-state index contributed by atoms with van der Waals surface area (Å²) in [6, 6.07) is 21.1. The zero-order valence-electron chi connectivity index (χ0n) is 18.4. The quantitative estimate of drug-likeness (QED) is 0.446. The van der Waals surface area contributed by atoms with Crippen molar-refractivity contribution in [3.63, 3.8) is 0 Å². The van der Waals surface area contributed by atoms with Crippen molar-refractivity contribution in [3.05, 3.63) is 118 Å². The van der Waals surface area contributed by atoms with Gasteiger partial charge in [-0.2, -0.15) is 0 Å². The summed E-state index contributed by atoms with van der Waals surface area (Å²) in [6.07, 6.45) is 3.68. The number of aliphatic hydroxyl groups is 1.